The Morgan fingerprint density at radius 1 is 1.47 bits per heavy atom. The standard InChI is InChI=1S/C15H17NO3/c1-4-9-15(3,10-16)14(18)11(2)19-13-7-5-12(17)6-8-13/h4-9,11,17H,1-3H3. The van der Waals surface area contributed by atoms with E-state index in [0.29, 0.717) is 5.75 Å². The normalized spacial score (nSPS) is 15.5. The Morgan fingerprint density at radius 3 is 2.53 bits per heavy atom. The highest BCUT2D eigenvalue weighted by Crippen LogP contribution is 2.24. The Labute approximate surface area is 112 Å². The van der Waals surface area contributed by atoms with E-state index in [1.54, 1.807) is 45.1 Å². The van der Waals surface area contributed by atoms with E-state index < -0.39 is 11.5 Å². The molecule has 100 valence electrons. The van der Waals surface area contributed by atoms with Gasteiger partial charge in [-0.15, -0.1) is 0 Å². The number of benzene rings is 1. The lowest BCUT2D eigenvalue weighted by molar-refractivity contribution is -0.129. The van der Waals surface area contributed by atoms with Crippen molar-refractivity contribution in [2.45, 2.75) is 26.9 Å². The molecule has 0 radical (unpaired) electrons. The maximum atomic E-state index is 12.2. The first kappa shape index (κ1) is 14.8. The highest BCUT2D eigenvalue weighted by Gasteiger charge is 2.34. The molecule has 4 heteroatoms. The summed E-state index contributed by atoms with van der Waals surface area (Å²) in [5, 5.41) is 18.3. The van der Waals surface area contributed by atoms with Gasteiger partial charge < -0.3 is 9.84 Å². The number of carbonyl (C=O) groups excluding carboxylic acids is 1. The van der Waals surface area contributed by atoms with Crippen LogP contribution < -0.4 is 4.74 Å². The van der Waals surface area contributed by atoms with Gasteiger partial charge >= 0.3 is 0 Å². The molecule has 0 saturated heterocycles. The van der Waals surface area contributed by atoms with Gasteiger partial charge in [-0.2, -0.15) is 5.26 Å². The van der Waals surface area contributed by atoms with Crippen LogP contribution in [0.5, 0.6) is 11.5 Å². The predicted molar refractivity (Wildman–Crippen MR) is 71.7 cm³/mol. The highest BCUT2D eigenvalue weighted by atomic mass is 16.5. The fraction of sp³-hybridized carbons (Fsp3) is 0.333. The fourth-order valence-electron chi connectivity index (χ4n) is 1.71. The average molecular weight is 259 g/mol. The predicted octanol–water partition coefficient (Wildman–Crippen LogP) is 2.83. The first-order valence-corrected chi connectivity index (χ1v) is 5.98. The molecule has 0 spiro atoms. The molecule has 1 N–H and O–H groups in total. The second kappa shape index (κ2) is 6.05. The summed E-state index contributed by atoms with van der Waals surface area (Å²) in [6, 6.07) is 8.08. The summed E-state index contributed by atoms with van der Waals surface area (Å²) in [4.78, 5) is 12.2. The molecule has 0 aliphatic rings. The van der Waals surface area contributed by atoms with Gasteiger partial charge in [-0.3, -0.25) is 4.79 Å². The van der Waals surface area contributed by atoms with E-state index in [1.165, 1.54) is 12.1 Å². The third kappa shape index (κ3) is 3.59. The number of Topliss-reactive ketones (excluding diaryl/α,β-unsaturated/α-hetero) is 1. The van der Waals surface area contributed by atoms with Crippen molar-refractivity contribution in [3.8, 4) is 17.6 Å². The molecular weight excluding hydrogens is 242 g/mol. The minimum Gasteiger partial charge on any atom is -0.508 e. The van der Waals surface area contributed by atoms with E-state index >= 15 is 0 Å². The summed E-state index contributed by atoms with van der Waals surface area (Å²) < 4.78 is 5.48. The van der Waals surface area contributed by atoms with Crippen molar-refractivity contribution in [2.24, 2.45) is 5.41 Å². The van der Waals surface area contributed by atoms with E-state index in [-0.39, 0.29) is 11.5 Å². The van der Waals surface area contributed by atoms with Gasteiger partial charge in [0.05, 0.1) is 6.07 Å². The molecule has 2 atom stereocenters. The number of carbonyl (C=O) groups is 1. The first-order chi connectivity index (χ1) is 8.92. The number of aromatic hydroxyl groups is 1. The van der Waals surface area contributed by atoms with Crippen LogP contribution in [0.1, 0.15) is 20.8 Å². The van der Waals surface area contributed by atoms with Gasteiger partial charge in [0.15, 0.2) is 11.9 Å². The van der Waals surface area contributed by atoms with Crippen LogP contribution in [0.3, 0.4) is 0 Å². The van der Waals surface area contributed by atoms with Crippen LogP contribution in [0, 0.1) is 16.7 Å². The zero-order valence-corrected chi connectivity index (χ0v) is 11.3. The number of phenols is 1. The van der Waals surface area contributed by atoms with Crippen molar-refractivity contribution in [3.05, 3.63) is 36.4 Å². The van der Waals surface area contributed by atoms with E-state index in [1.807, 2.05) is 6.07 Å². The van der Waals surface area contributed by atoms with Gasteiger partial charge in [-0.1, -0.05) is 12.2 Å². The number of nitriles is 1. The van der Waals surface area contributed by atoms with Crippen molar-refractivity contribution in [3.63, 3.8) is 0 Å². The molecule has 0 bridgehead atoms. The molecule has 0 amide bonds. The number of nitrogens with zero attached hydrogens (tertiary/aromatic N) is 1. The Morgan fingerprint density at radius 2 is 2.05 bits per heavy atom. The van der Waals surface area contributed by atoms with Crippen LogP contribution in [-0.2, 0) is 4.79 Å². The lowest BCUT2D eigenvalue weighted by Crippen LogP contribution is -2.36. The highest BCUT2D eigenvalue weighted by molar-refractivity contribution is 5.92. The van der Waals surface area contributed by atoms with Gasteiger partial charge in [0, 0.05) is 0 Å². The molecule has 0 aliphatic carbocycles. The summed E-state index contributed by atoms with van der Waals surface area (Å²) in [5.41, 5.74) is -1.19. The van der Waals surface area contributed by atoms with Gasteiger partial charge in [0.2, 0.25) is 0 Å². The second-order valence-corrected chi connectivity index (χ2v) is 4.43. The molecule has 0 heterocycles. The third-order valence-electron chi connectivity index (χ3n) is 2.76. The fourth-order valence-corrected chi connectivity index (χ4v) is 1.71. The molecule has 0 aliphatic heterocycles. The number of hydrogen-bond donors (Lipinski definition) is 1. The molecule has 1 rings (SSSR count). The molecule has 1 aromatic carbocycles. The molecule has 19 heavy (non-hydrogen) atoms. The number of rotatable bonds is 5. The second-order valence-electron chi connectivity index (χ2n) is 4.43. The van der Waals surface area contributed by atoms with E-state index in [4.69, 9.17) is 15.1 Å². The molecular formula is C15H17NO3. The smallest absolute Gasteiger partial charge is 0.196 e. The number of ether oxygens (including phenoxy) is 1. The summed E-state index contributed by atoms with van der Waals surface area (Å²) >= 11 is 0. The van der Waals surface area contributed by atoms with Crippen molar-refractivity contribution in [1.29, 1.82) is 5.26 Å². The van der Waals surface area contributed by atoms with Gasteiger partial charge in [-0.25, -0.2) is 0 Å². The van der Waals surface area contributed by atoms with Gasteiger partial charge in [0.25, 0.3) is 0 Å². The van der Waals surface area contributed by atoms with Crippen LogP contribution >= 0.6 is 0 Å². The monoisotopic (exact) mass is 259 g/mol. The first-order valence-electron chi connectivity index (χ1n) is 5.98. The minimum atomic E-state index is -1.19. The van der Waals surface area contributed by atoms with E-state index in [0.717, 1.165) is 0 Å². The zero-order valence-electron chi connectivity index (χ0n) is 11.3. The molecule has 1 aromatic rings. The maximum Gasteiger partial charge on any atom is 0.196 e. The Kier molecular flexibility index (Phi) is 4.71. The SMILES string of the molecule is CC=CC(C)(C#N)C(=O)C(C)Oc1ccc(O)cc1. The zero-order chi connectivity index (χ0) is 14.5. The Bertz CT molecular complexity index is 513. The van der Waals surface area contributed by atoms with Crippen LogP contribution in [-0.4, -0.2) is 17.0 Å². The van der Waals surface area contributed by atoms with E-state index in [9.17, 15) is 4.79 Å². The van der Waals surface area contributed by atoms with Crippen LogP contribution in [0.15, 0.2) is 36.4 Å². The van der Waals surface area contributed by atoms with Crippen LogP contribution in [0.25, 0.3) is 0 Å². The number of phenolic OH excluding ortho intramolecular Hbond substituents is 1. The van der Waals surface area contributed by atoms with Gasteiger partial charge in [0.1, 0.15) is 16.9 Å². The summed E-state index contributed by atoms with van der Waals surface area (Å²) in [7, 11) is 0. The van der Waals surface area contributed by atoms with Crippen LogP contribution in [0.4, 0.5) is 0 Å². The average Bonchev–Trinajstić information content (AvgIpc) is 2.40. The quantitative estimate of drug-likeness (QED) is 0.825. The van der Waals surface area contributed by atoms with Crippen molar-refractivity contribution in [1.82, 2.24) is 0 Å². The molecule has 0 fully saturated rings. The largest absolute Gasteiger partial charge is 0.508 e. The molecule has 0 saturated carbocycles. The van der Waals surface area contributed by atoms with Crippen LogP contribution in [0.2, 0.25) is 0 Å². The minimum absolute atomic E-state index is 0.127. The number of ketones is 1. The molecule has 2 unspecified atom stereocenters. The van der Waals surface area contributed by atoms with Gasteiger partial charge in [-0.05, 0) is 45.0 Å². The number of hydrogen-bond acceptors (Lipinski definition) is 4. The van der Waals surface area contributed by atoms with Crippen molar-refractivity contribution < 1.29 is 14.6 Å². The van der Waals surface area contributed by atoms with Crippen molar-refractivity contribution >= 4 is 5.78 Å². The molecule has 0 aromatic heterocycles. The summed E-state index contributed by atoms with van der Waals surface area (Å²) in [5.74, 6) is 0.294. The van der Waals surface area contributed by atoms with E-state index in [2.05, 4.69) is 0 Å². The number of allylic oxidation sites excluding steroid dienone is 2. The lowest BCUT2D eigenvalue weighted by Gasteiger charge is -2.21. The summed E-state index contributed by atoms with van der Waals surface area (Å²) in [6.45, 7) is 4.93. The maximum absolute atomic E-state index is 12.2. The van der Waals surface area contributed by atoms with Crippen molar-refractivity contribution in [2.75, 3.05) is 0 Å². The topological polar surface area (TPSA) is 70.3 Å². The Hall–Kier alpha value is -2.28. The lowest BCUT2D eigenvalue weighted by atomic mass is 9.84. The summed E-state index contributed by atoms with van der Waals surface area (Å²) in [6.07, 6.45) is 2.49. The molecule has 4 nitrogen and oxygen atoms in total. The third-order valence-corrected chi connectivity index (χ3v) is 2.76. The Balaban J connectivity index is 2.83.